The van der Waals surface area contributed by atoms with Crippen LogP contribution in [0.25, 0.3) is 0 Å². The molecule has 2 amide bonds. The number of amides is 2. The maximum absolute atomic E-state index is 12.4. The molecular formula is C16H26Cl2N4O2. The smallest absolute Gasteiger partial charge is 0.253 e. The molecule has 1 aromatic rings. The summed E-state index contributed by atoms with van der Waals surface area (Å²) in [5.41, 5.74) is 6.97. The number of carbonyl (C=O) groups excluding carboxylic acids is 2. The van der Waals surface area contributed by atoms with Gasteiger partial charge in [-0.05, 0) is 37.7 Å². The summed E-state index contributed by atoms with van der Waals surface area (Å²) in [5, 5.41) is 2.75. The van der Waals surface area contributed by atoms with Crippen LogP contribution in [0, 0.1) is 0 Å². The van der Waals surface area contributed by atoms with Crippen LogP contribution in [0.15, 0.2) is 24.3 Å². The lowest BCUT2D eigenvalue weighted by atomic mass is 10.1. The highest BCUT2D eigenvalue weighted by Gasteiger charge is 2.20. The Labute approximate surface area is 155 Å². The van der Waals surface area contributed by atoms with Gasteiger partial charge in [-0.2, -0.15) is 0 Å². The Kier molecular flexibility index (Phi) is 9.92. The van der Waals surface area contributed by atoms with E-state index in [1.807, 2.05) is 11.8 Å². The first-order valence-corrected chi connectivity index (χ1v) is 7.65. The molecule has 1 saturated heterocycles. The van der Waals surface area contributed by atoms with Crippen molar-refractivity contribution < 1.29 is 9.59 Å². The normalized spacial score (nSPS) is 15.7. The summed E-state index contributed by atoms with van der Waals surface area (Å²) < 4.78 is 0. The Morgan fingerprint density at radius 3 is 2.17 bits per heavy atom. The van der Waals surface area contributed by atoms with Gasteiger partial charge in [0.05, 0.1) is 6.04 Å². The van der Waals surface area contributed by atoms with Crippen LogP contribution >= 0.6 is 24.8 Å². The lowest BCUT2D eigenvalue weighted by Crippen LogP contribution is -2.47. The van der Waals surface area contributed by atoms with E-state index in [4.69, 9.17) is 5.73 Å². The molecule has 1 heterocycles. The van der Waals surface area contributed by atoms with Gasteiger partial charge in [-0.1, -0.05) is 6.92 Å². The maximum Gasteiger partial charge on any atom is 0.253 e. The number of nitrogens with zero attached hydrogens (tertiary/aromatic N) is 2. The molecule has 0 aliphatic carbocycles. The number of halogens is 2. The molecule has 1 atom stereocenters. The zero-order valence-electron chi connectivity index (χ0n) is 14.0. The highest BCUT2D eigenvalue weighted by atomic mass is 35.5. The van der Waals surface area contributed by atoms with E-state index in [0.29, 0.717) is 17.7 Å². The van der Waals surface area contributed by atoms with Crippen molar-refractivity contribution in [3.63, 3.8) is 0 Å². The molecule has 1 fully saturated rings. The molecule has 0 saturated carbocycles. The van der Waals surface area contributed by atoms with Crippen LogP contribution in [-0.4, -0.2) is 60.9 Å². The summed E-state index contributed by atoms with van der Waals surface area (Å²) in [5.74, 6) is -0.170. The molecule has 1 aromatic carbocycles. The number of likely N-dealkylation sites (N-methyl/N-ethyl adjacent to an activating group) is 1. The first-order chi connectivity index (χ1) is 10.5. The average molecular weight is 377 g/mol. The summed E-state index contributed by atoms with van der Waals surface area (Å²) >= 11 is 0. The first kappa shape index (κ1) is 22.7. The second-order valence-electron chi connectivity index (χ2n) is 5.68. The topological polar surface area (TPSA) is 78.7 Å². The minimum absolute atomic E-state index is 0. The van der Waals surface area contributed by atoms with E-state index in [1.54, 1.807) is 24.3 Å². The van der Waals surface area contributed by atoms with Crippen LogP contribution < -0.4 is 11.1 Å². The summed E-state index contributed by atoms with van der Waals surface area (Å²) in [7, 11) is 2.06. The van der Waals surface area contributed by atoms with E-state index in [9.17, 15) is 9.59 Å². The van der Waals surface area contributed by atoms with Gasteiger partial charge in [-0.15, -0.1) is 24.8 Å². The molecule has 1 aliphatic heterocycles. The number of nitrogens with two attached hydrogens (primary N) is 1. The minimum Gasteiger partial charge on any atom is -0.336 e. The van der Waals surface area contributed by atoms with Crippen LogP contribution in [0.4, 0.5) is 5.69 Å². The molecular weight excluding hydrogens is 351 g/mol. The summed E-state index contributed by atoms with van der Waals surface area (Å²) in [6, 6.07) is 6.46. The van der Waals surface area contributed by atoms with Crippen molar-refractivity contribution in [3.8, 4) is 0 Å². The number of carbonyl (C=O) groups is 2. The van der Waals surface area contributed by atoms with Crippen molar-refractivity contribution in [1.29, 1.82) is 0 Å². The molecule has 0 aromatic heterocycles. The van der Waals surface area contributed by atoms with E-state index in [2.05, 4.69) is 17.3 Å². The van der Waals surface area contributed by atoms with Crippen LogP contribution in [0.2, 0.25) is 0 Å². The molecule has 0 bridgehead atoms. The van der Waals surface area contributed by atoms with Gasteiger partial charge in [0.25, 0.3) is 5.91 Å². The number of nitrogens with one attached hydrogen (secondary N) is 1. The molecule has 0 unspecified atom stereocenters. The number of benzene rings is 1. The molecule has 24 heavy (non-hydrogen) atoms. The predicted octanol–water partition coefficient (Wildman–Crippen LogP) is 1.59. The monoisotopic (exact) mass is 376 g/mol. The van der Waals surface area contributed by atoms with Crippen molar-refractivity contribution in [3.05, 3.63) is 29.8 Å². The van der Waals surface area contributed by atoms with Gasteiger partial charge in [0.15, 0.2) is 0 Å². The number of hydrogen-bond donors (Lipinski definition) is 2. The average Bonchev–Trinajstić information content (AvgIpc) is 2.54. The number of hydrogen-bond acceptors (Lipinski definition) is 4. The SMILES string of the molecule is CC[C@H](N)C(=O)Nc1ccc(C(=O)N2CCN(C)CC2)cc1.Cl.Cl. The third-order valence-electron chi connectivity index (χ3n) is 3.97. The van der Waals surface area contributed by atoms with Crippen LogP contribution in [-0.2, 0) is 4.79 Å². The van der Waals surface area contributed by atoms with Gasteiger partial charge in [-0.3, -0.25) is 9.59 Å². The first-order valence-electron chi connectivity index (χ1n) is 7.65. The summed E-state index contributed by atoms with van der Waals surface area (Å²) in [6.07, 6.45) is 0.589. The van der Waals surface area contributed by atoms with Gasteiger partial charge >= 0.3 is 0 Å². The van der Waals surface area contributed by atoms with E-state index < -0.39 is 6.04 Å². The third-order valence-corrected chi connectivity index (χ3v) is 3.97. The van der Waals surface area contributed by atoms with Crippen molar-refractivity contribution >= 4 is 42.3 Å². The molecule has 0 spiro atoms. The van der Waals surface area contributed by atoms with Crippen molar-refractivity contribution in [2.24, 2.45) is 5.73 Å². The third kappa shape index (κ3) is 5.94. The minimum atomic E-state index is -0.508. The highest BCUT2D eigenvalue weighted by molar-refractivity contribution is 5.97. The van der Waals surface area contributed by atoms with E-state index in [0.717, 1.165) is 26.2 Å². The lowest BCUT2D eigenvalue weighted by molar-refractivity contribution is -0.117. The Balaban J connectivity index is 0.00000264. The van der Waals surface area contributed by atoms with Gasteiger partial charge in [-0.25, -0.2) is 0 Å². The number of rotatable bonds is 4. The predicted molar refractivity (Wildman–Crippen MR) is 101 cm³/mol. The Morgan fingerprint density at radius 1 is 1.12 bits per heavy atom. The largest absolute Gasteiger partial charge is 0.336 e. The highest BCUT2D eigenvalue weighted by Crippen LogP contribution is 2.13. The quantitative estimate of drug-likeness (QED) is 0.836. The second kappa shape index (κ2) is 10.5. The zero-order valence-corrected chi connectivity index (χ0v) is 15.7. The van der Waals surface area contributed by atoms with Gasteiger partial charge < -0.3 is 20.9 Å². The zero-order chi connectivity index (χ0) is 16.1. The summed E-state index contributed by atoms with van der Waals surface area (Å²) in [4.78, 5) is 28.2. The number of piperazine rings is 1. The van der Waals surface area contributed by atoms with Gasteiger partial charge in [0, 0.05) is 37.4 Å². The molecule has 8 heteroatoms. The fourth-order valence-corrected chi connectivity index (χ4v) is 2.31. The Hall–Kier alpha value is -1.34. The maximum atomic E-state index is 12.4. The van der Waals surface area contributed by atoms with Gasteiger partial charge in [0.1, 0.15) is 0 Å². The van der Waals surface area contributed by atoms with Crippen molar-refractivity contribution in [1.82, 2.24) is 9.80 Å². The molecule has 6 nitrogen and oxygen atoms in total. The van der Waals surface area contributed by atoms with E-state index in [1.165, 1.54) is 0 Å². The van der Waals surface area contributed by atoms with Crippen molar-refractivity contribution in [2.75, 3.05) is 38.5 Å². The fourth-order valence-electron chi connectivity index (χ4n) is 2.31. The van der Waals surface area contributed by atoms with Gasteiger partial charge in [0.2, 0.25) is 5.91 Å². The molecule has 0 radical (unpaired) electrons. The molecule has 1 aliphatic rings. The van der Waals surface area contributed by atoms with E-state index >= 15 is 0 Å². The number of anilines is 1. The van der Waals surface area contributed by atoms with E-state index in [-0.39, 0.29) is 36.6 Å². The molecule has 2 rings (SSSR count). The lowest BCUT2D eigenvalue weighted by Gasteiger charge is -2.32. The standard InChI is InChI=1S/C16H24N4O2.2ClH/c1-3-14(17)15(21)18-13-6-4-12(5-7-13)16(22)20-10-8-19(2)9-11-20;;/h4-7,14H,3,8-11,17H2,1-2H3,(H,18,21);2*1H/t14-;;/m0../s1. The summed E-state index contributed by atoms with van der Waals surface area (Å²) in [6.45, 7) is 5.16. The van der Waals surface area contributed by atoms with Crippen LogP contribution in [0.1, 0.15) is 23.7 Å². The second-order valence-corrected chi connectivity index (χ2v) is 5.68. The molecule has 136 valence electrons. The van der Waals surface area contributed by atoms with Crippen molar-refractivity contribution in [2.45, 2.75) is 19.4 Å². The van der Waals surface area contributed by atoms with Crippen LogP contribution in [0.5, 0.6) is 0 Å². The molecule has 3 N–H and O–H groups in total. The Bertz CT molecular complexity index is 531. The fraction of sp³-hybridized carbons (Fsp3) is 0.500. The Morgan fingerprint density at radius 2 is 1.67 bits per heavy atom. The van der Waals surface area contributed by atoms with Crippen LogP contribution in [0.3, 0.4) is 0 Å².